The van der Waals surface area contributed by atoms with E-state index >= 15 is 0 Å². The van der Waals surface area contributed by atoms with Gasteiger partial charge in [-0.3, -0.25) is 14.5 Å². The van der Waals surface area contributed by atoms with Gasteiger partial charge in [0, 0.05) is 35.3 Å². The first kappa shape index (κ1) is 9.44. The van der Waals surface area contributed by atoms with Crippen LogP contribution in [0.4, 0.5) is 17.5 Å². The van der Waals surface area contributed by atoms with E-state index in [2.05, 4.69) is 24.5 Å². The van der Waals surface area contributed by atoms with Crippen LogP contribution < -0.4 is 14.5 Å². The van der Waals surface area contributed by atoms with Crippen molar-refractivity contribution in [2.24, 2.45) is 0 Å². The van der Waals surface area contributed by atoms with Crippen LogP contribution in [0.3, 0.4) is 0 Å². The summed E-state index contributed by atoms with van der Waals surface area (Å²) in [4.78, 5) is 14.6. The van der Waals surface area contributed by atoms with E-state index in [-0.39, 0.29) is 5.82 Å². The van der Waals surface area contributed by atoms with Crippen LogP contribution in [0.2, 0.25) is 0 Å². The molecular weight excluding hydrogens is 224 g/mol. The first-order chi connectivity index (χ1) is 5.81. The summed E-state index contributed by atoms with van der Waals surface area (Å²) < 4.78 is 0. The summed E-state index contributed by atoms with van der Waals surface area (Å²) in [7, 11) is 0. The van der Waals surface area contributed by atoms with Gasteiger partial charge in [0.15, 0.2) is 17.5 Å². The van der Waals surface area contributed by atoms with E-state index < -0.39 is 0 Å². The normalized spacial score (nSPS) is 9.25. The van der Waals surface area contributed by atoms with Crippen molar-refractivity contribution in [2.45, 2.75) is 0 Å². The minimum atomic E-state index is 0.289. The topological polar surface area (TPSA) is 61.9 Å². The first-order valence-electron chi connectivity index (χ1n) is 2.78. The lowest BCUT2D eigenvalue weighted by Gasteiger charge is -2.04. The van der Waals surface area contributed by atoms with Crippen molar-refractivity contribution in [3.63, 3.8) is 0 Å². The van der Waals surface area contributed by atoms with Crippen molar-refractivity contribution in [1.29, 1.82) is 0 Å². The SMILES string of the molecule is ClNc1cnc(NCl)c(NCl)n1. The third-order valence-corrected chi connectivity index (χ3v) is 1.60. The van der Waals surface area contributed by atoms with E-state index in [1.165, 1.54) is 6.20 Å². The molecule has 12 heavy (non-hydrogen) atoms. The second kappa shape index (κ2) is 4.39. The second-order valence-corrected chi connectivity index (χ2v) is 2.30. The molecule has 8 heteroatoms. The number of hydrogen-bond donors (Lipinski definition) is 3. The zero-order chi connectivity index (χ0) is 8.97. The van der Waals surface area contributed by atoms with Gasteiger partial charge in [0.25, 0.3) is 0 Å². The van der Waals surface area contributed by atoms with Gasteiger partial charge < -0.3 is 0 Å². The van der Waals surface area contributed by atoms with Crippen LogP contribution >= 0.6 is 35.3 Å². The lowest BCUT2D eigenvalue weighted by atomic mass is 10.6. The highest BCUT2D eigenvalue weighted by atomic mass is 35.5. The molecule has 0 aliphatic carbocycles. The molecule has 5 nitrogen and oxygen atoms in total. The predicted molar refractivity (Wildman–Crippen MR) is 50.5 cm³/mol. The van der Waals surface area contributed by atoms with Crippen molar-refractivity contribution in [3.8, 4) is 0 Å². The van der Waals surface area contributed by atoms with Gasteiger partial charge in [0.1, 0.15) is 0 Å². The highest BCUT2D eigenvalue weighted by Gasteiger charge is 2.04. The molecule has 0 saturated heterocycles. The lowest BCUT2D eigenvalue weighted by Crippen LogP contribution is -1.97. The quantitative estimate of drug-likeness (QED) is 0.692. The molecule has 0 aromatic carbocycles. The largest absolute Gasteiger partial charge is 0.281 e. The van der Waals surface area contributed by atoms with E-state index in [4.69, 9.17) is 35.3 Å². The van der Waals surface area contributed by atoms with Crippen LogP contribution in [0, 0.1) is 0 Å². The molecule has 1 heterocycles. The van der Waals surface area contributed by atoms with Gasteiger partial charge in [-0.1, -0.05) is 0 Å². The maximum Gasteiger partial charge on any atom is 0.187 e. The number of halogens is 3. The van der Waals surface area contributed by atoms with Crippen molar-refractivity contribution in [3.05, 3.63) is 6.20 Å². The smallest absolute Gasteiger partial charge is 0.187 e. The number of nitrogens with one attached hydrogen (secondary N) is 3. The molecule has 3 N–H and O–H groups in total. The zero-order valence-electron chi connectivity index (χ0n) is 5.61. The van der Waals surface area contributed by atoms with Gasteiger partial charge >= 0.3 is 0 Å². The maximum atomic E-state index is 5.32. The number of rotatable bonds is 3. The predicted octanol–water partition coefficient (Wildman–Crippen LogP) is 2.17. The molecule has 1 aromatic heterocycles. The van der Waals surface area contributed by atoms with Gasteiger partial charge in [-0.25, -0.2) is 9.97 Å². The Kier molecular flexibility index (Phi) is 3.46. The minimum absolute atomic E-state index is 0.289. The Morgan fingerprint density at radius 3 is 2.17 bits per heavy atom. The molecule has 0 unspecified atom stereocenters. The Morgan fingerprint density at radius 1 is 1.00 bits per heavy atom. The van der Waals surface area contributed by atoms with Gasteiger partial charge in [-0.2, -0.15) is 0 Å². The fourth-order valence-electron chi connectivity index (χ4n) is 0.570. The van der Waals surface area contributed by atoms with Crippen molar-refractivity contribution in [1.82, 2.24) is 9.97 Å². The third-order valence-electron chi connectivity index (χ3n) is 1.05. The van der Waals surface area contributed by atoms with Crippen LogP contribution in [-0.2, 0) is 0 Å². The summed E-state index contributed by atoms with van der Waals surface area (Å²) in [5, 5.41) is 0. The molecule has 0 atom stereocenters. The van der Waals surface area contributed by atoms with E-state index in [1.807, 2.05) is 0 Å². The molecule has 0 fully saturated rings. The maximum absolute atomic E-state index is 5.32. The average Bonchev–Trinajstić information content (AvgIpc) is 2.16. The molecule has 66 valence electrons. The van der Waals surface area contributed by atoms with E-state index in [9.17, 15) is 0 Å². The minimum Gasteiger partial charge on any atom is -0.281 e. The van der Waals surface area contributed by atoms with Gasteiger partial charge in [0.2, 0.25) is 0 Å². The third kappa shape index (κ3) is 1.94. The van der Waals surface area contributed by atoms with Crippen LogP contribution in [-0.4, -0.2) is 9.97 Å². The Bertz CT molecular complexity index is 267. The Labute approximate surface area is 83.8 Å². The molecule has 1 aromatic rings. The average molecular weight is 228 g/mol. The summed E-state index contributed by atoms with van der Waals surface area (Å²) in [5.74, 6) is 0.982. The zero-order valence-corrected chi connectivity index (χ0v) is 7.87. The summed E-state index contributed by atoms with van der Waals surface area (Å²) in [6.07, 6.45) is 1.40. The molecule has 0 saturated carbocycles. The van der Waals surface area contributed by atoms with Gasteiger partial charge in [0.05, 0.1) is 6.20 Å². The first-order valence-corrected chi connectivity index (χ1v) is 3.92. The Morgan fingerprint density at radius 2 is 1.67 bits per heavy atom. The van der Waals surface area contributed by atoms with Crippen LogP contribution in [0.25, 0.3) is 0 Å². The van der Waals surface area contributed by atoms with Crippen LogP contribution in [0.15, 0.2) is 6.20 Å². The molecule has 0 bridgehead atoms. The summed E-state index contributed by atoms with van der Waals surface area (Å²) in [5.41, 5.74) is 0. The molecule has 0 spiro atoms. The van der Waals surface area contributed by atoms with E-state index in [1.54, 1.807) is 0 Å². The Balaban J connectivity index is 3.02. The fraction of sp³-hybridized carbons (Fsp3) is 0. The lowest BCUT2D eigenvalue weighted by molar-refractivity contribution is 1.23. The van der Waals surface area contributed by atoms with Crippen molar-refractivity contribution >= 4 is 52.8 Å². The van der Waals surface area contributed by atoms with Gasteiger partial charge in [-0.05, 0) is 0 Å². The van der Waals surface area contributed by atoms with Crippen molar-refractivity contribution in [2.75, 3.05) is 14.5 Å². The standard InChI is InChI=1S/C4H4Cl3N5/c5-10-2-1-8-3(11-6)4(9-2)12-7/h1H,(H,8,11)(H2,9,10,12). The fourth-order valence-corrected chi connectivity index (χ4v) is 0.931. The van der Waals surface area contributed by atoms with Crippen LogP contribution in [0.5, 0.6) is 0 Å². The van der Waals surface area contributed by atoms with E-state index in [0.29, 0.717) is 11.6 Å². The van der Waals surface area contributed by atoms with Crippen LogP contribution in [0.1, 0.15) is 0 Å². The summed E-state index contributed by atoms with van der Waals surface area (Å²) in [6, 6.07) is 0. The second-order valence-electron chi connectivity index (χ2n) is 1.74. The van der Waals surface area contributed by atoms with E-state index in [0.717, 1.165) is 0 Å². The Hall–Kier alpha value is -0.650. The monoisotopic (exact) mass is 227 g/mol. The number of nitrogens with zero attached hydrogens (tertiary/aromatic N) is 2. The number of hydrogen-bond acceptors (Lipinski definition) is 5. The van der Waals surface area contributed by atoms with Gasteiger partial charge in [-0.15, -0.1) is 0 Å². The summed E-state index contributed by atoms with van der Waals surface area (Å²) >= 11 is 15.9. The molecular formula is C4H4Cl3N5. The molecule has 1 rings (SSSR count). The molecule has 0 aliphatic heterocycles. The summed E-state index contributed by atoms with van der Waals surface area (Å²) in [6.45, 7) is 0. The molecule has 0 radical (unpaired) electrons. The number of aromatic nitrogens is 2. The molecule has 0 aliphatic rings. The highest BCUT2D eigenvalue weighted by Crippen LogP contribution is 2.19. The highest BCUT2D eigenvalue weighted by molar-refractivity contribution is 6.27. The molecule has 0 amide bonds. The van der Waals surface area contributed by atoms with Crippen molar-refractivity contribution < 1.29 is 0 Å². The number of anilines is 3.